The van der Waals surface area contributed by atoms with Crippen molar-refractivity contribution < 1.29 is 8.42 Å². The van der Waals surface area contributed by atoms with Gasteiger partial charge in [0.2, 0.25) is 10.0 Å². The Balaban J connectivity index is 0.00000288. The van der Waals surface area contributed by atoms with Gasteiger partial charge in [-0.2, -0.15) is 0 Å². The predicted molar refractivity (Wildman–Crippen MR) is 108 cm³/mol. The highest BCUT2D eigenvalue weighted by molar-refractivity contribution is 14.0. The standard InChI is InChI=1S/C16H20N4O2S.HI/c1-13-7-9-14(10-8-13)20-16(17)18-11-12-19-23(21,22)15-5-3-2-4-6-15;/h2-10,19H,11-12H2,1H3,(H3,17,18,20);1H. The molecule has 0 amide bonds. The van der Waals surface area contributed by atoms with Gasteiger partial charge in [0.05, 0.1) is 11.4 Å². The van der Waals surface area contributed by atoms with Crippen molar-refractivity contribution in [1.82, 2.24) is 4.72 Å². The lowest BCUT2D eigenvalue weighted by Crippen LogP contribution is -2.28. The maximum Gasteiger partial charge on any atom is 0.240 e. The van der Waals surface area contributed by atoms with E-state index in [0.717, 1.165) is 11.3 Å². The fraction of sp³-hybridized carbons (Fsp3) is 0.188. The van der Waals surface area contributed by atoms with E-state index in [1.807, 2.05) is 31.2 Å². The van der Waals surface area contributed by atoms with Crippen molar-refractivity contribution in [2.45, 2.75) is 11.8 Å². The molecule has 4 N–H and O–H groups in total. The third-order valence-electron chi connectivity index (χ3n) is 3.06. The zero-order chi connectivity index (χ0) is 16.7. The summed E-state index contributed by atoms with van der Waals surface area (Å²) >= 11 is 0. The largest absolute Gasteiger partial charge is 0.370 e. The Kier molecular flexibility index (Phi) is 8.16. The van der Waals surface area contributed by atoms with Crippen molar-refractivity contribution in [3.63, 3.8) is 0 Å². The fourth-order valence-corrected chi connectivity index (χ4v) is 2.91. The van der Waals surface area contributed by atoms with Crippen LogP contribution in [0, 0.1) is 6.92 Å². The summed E-state index contributed by atoms with van der Waals surface area (Å²) < 4.78 is 26.5. The highest BCUT2D eigenvalue weighted by Crippen LogP contribution is 2.08. The molecule has 0 fully saturated rings. The summed E-state index contributed by atoms with van der Waals surface area (Å²) in [5, 5.41) is 2.95. The van der Waals surface area contributed by atoms with E-state index < -0.39 is 10.0 Å². The van der Waals surface area contributed by atoms with Crippen molar-refractivity contribution in [3.8, 4) is 0 Å². The van der Waals surface area contributed by atoms with Gasteiger partial charge >= 0.3 is 0 Å². The van der Waals surface area contributed by atoms with Gasteiger partial charge in [-0.1, -0.05) is 35.9 Å². The van der Waals surface area contributed by atoms with Crippen molar-refractivity contribution in [1.29, 1.82) is 0 Å². The summed E-state index contributed by atoms with van der Waals surface area (Å²) in [6.45, 7) is 2.42. The minimum absolute atomic E-state index is 0. The number of nitrogens with zero attached hydrogens (tertiary/aromatic N) is 1. The molecule has 0 aliphatic carbocycles. The van der Waals surface area contributed by atoms with Crippen LogP contribution in [0.25, 0.3) is 0 Å². The number of nitrogens with one attached hydrogen (secondary N) is 2. The molecule has 0 heterocycles. The van der Waals surface area contributed by atoms with Crippen LogP contribution in [0.3, 0.4) is 0 Å². The van der Waals surface area contributed by atoms with Gasteiger partial charge < -0.3 is 11.1 Å². The Labute approximate surface area is 159 Å². The number of rotatable bonds is 6. The number of aliphatic imine (C=N–C) groups is 1. The average molecular weight is 460 g/mol. The molecule has 0 saturated heterocycles. The Hall–Kier alpha value is -1.65. The molecule has 24 heavy (non-hydrogen) atoms. The number of hydrogen-bond acceptors (Lipinski definition) is 3. The van der Waals surface area contributed by atoms with Gasteiger partial charge in [-0.05, 0) is 31.2 Å². The number of hydrogen-bond donors (Lipinski definition) is 3. The normalized spacial score (nSPS) is 11.6. The first kappa shape index (κ1) is 20.4. The van der Waals surface area contributed by atoms with E-state index in [9.17, 15) is 8.42 Å². The number of halogens is 1. The third-order valence-corrected chi connectivity index (χ3v) is 4.54. The van der Waals surface area contributed by atoms with Gasteiger partial charge in [-0.3, -0.25) is 4.99 Å². The number of aryl methyl sites for hydroxylation is 1. The van der Waals surface area contributed by atoms with Crippen molar-refractivity contribution >= 4 is 45.6 Å². The summed E-state index contributed by atoms with van der Waals surface area (Å²) in [5.41, 5.74) is 7.76. The smallest absolute Gasteiger partial charge is 0.240 e. The molecule has 0 saturated carbocycles. The molecule has 0 radical (unpaired) electrons. The molecule has 0 aliphatic rings. The van der Waals surface area contributed by atoms with E-state index in [-0.39, 0.29) is 47.9 Å². The minimum Gasteiger partial charge on any atom is -0.370 e. The zero-order valence-electron chi connectivity index (χ0n) is 13.3. The van der Waals surface area contributed by atoms with E-state index in [0.29, 0.717) is 0 Å². The van der Waals surface area contributed by atoms with Crippen molar-refractivity contribution in [3.05, 3.63) is 60.2 Å². The van der Waals surface area contributed by atoms with Crippen LogP contribution in [-0.4, -0.2) is 27.5 Å². The van der Waals surface area contributed by atoms with Crippen LogP contribution < -0.4 is 15.8 Å². The zero-order valence-corrected chi connectivity index (χ0v) is 16.4. The second kappa shape index (κ2) is 9.60. The highest BCUT2D eigenvalue weighted by atomic mass is 127. The minimum atomic E-state index is -3.50. The van der Waals surface area contributed by atoms with Crippen LogP contribution in [-0.2, 0) is 10.0 Å². The third kappa shape index (κ3) is 6.46. The van der Waals surface area contributed by atoms with Gasteiger partial charge in [0.1, 0.15) is 0 Å². The van der Waals surface area contributed by atoms with Crippen molar-refractivity contribution in [2.75, 3.05) is 18.4 Å². The first-order chi connectivity index (χ1) is 11.0. The molecule has 0 spiro atoms. The summed E-state index contributed by atoms with van der Waals surface area (Å²) in [7, 11) is -3.50. The number of guanidine groups is 1. The molecule has 0 aliphatic heterocycles. The van der Waals surface area contributed by atoms with Gasteiger partial charge in [-0.15, -0.1) is 24.0 Å². The predicted octanol–water partition coefficient (Wildman–Crippen LogP) is 2.32. The quantitative estimate of drug-likeness (QED) is 0.267. The van der Waals surface area contributed by atoms with Crippen LogP contribution >= 0.6 is 24.0 Å². The van der Waals surface area contributed by atoms with E-state index >= 15 is 0 Å². The van der Waals surface area contributed by atoms with Gasteiger partial charge in [0.25, 0.3) is 0 Å². The monoisotopic (exact) mass is 460 g/mol. The van der Waals surface area contributed by atoms with E-state index in [2.05, 4.69) is 15.0 Å². The number of sulfonamides is 1. The molecule has 0 unspecified atom stereocenters. The summed E-state index contributed by atoms with van der Waals surface area (Å²) in [4.78, 5) is 4.33. The number of benzene rings is 2. The van der Waals surface area contributed by atoms with Crippen molar-refractivity contribution in [2.24, 2.45) is 10.7 Å². The summed E-state index contributed by atoms with van der Waals surface area (Å²) in [6, 6.07) is 15.9. The lowest BCUT2D eigenvalue weighted by atomic mass is 10.2. The van der Waals surface area contributed by atoms with Crippen LogP contribution in [0.5, 0.6) is 0 Å². The molecule has 6 nitrogen and oxygen atoms in total. The maximum absolute atomic E-state index is 12.0. The second-order valence-electron chi connectivity index (χ2n) is 4.97. The first-order valence-corrected chi connectivity index (χ1v) is 8.64. The Morgan fingerprint density at radius 2 is 1.71 bits per heavy atom. The molecule has 2 aromatic carbocycles. The highest BCUT2D eigenvalue weighted by Gasteiger charge is 2.11. The molecule has 0 aromatic heterocycles. The van der Waals surface area contributed by atoms with E-state index in [4.69, 9.17) is 5.73 Å². The maximum atomic E-state index is 12.0. The number of anilines is 1. The van der Waals surface area contributed by atoms with Gasteiger partial charge in [-0.25, -0.2) is 13.1 Å². The molecule has 8 heteroatoms. The fourth-order valence-electron chi connectivity index (χ4n) is 1.86. The van der Waals surface area contributed by atoms with Crippen LogP contribution in [0.2, 0.25) is 0 Å². The topological polar surface area (TPSA) is 96.6 Å². The lowest BCUT2D eigenvalue weighted by Gasteiger charge is -2.07. The number of nitrogens with two attached hydrogens (primary N) is 1. The second-order valence-corrected chi connectivity index (χ2v) is 6.74. The molecule has 0 bridgehead atoms. The van der Waals surface area contributed by atoms with Crippen LogP contribution in [0.1, 0.15) is 5.56 Å². The van der Waals surface area contributed by atoms with E-state index in [1.165, 1.54) is 0 Å². The molecule has 2 aromatic rings. The molecular weight excluding hydrogens is 439 g/mol. The SMILES string of the molecule is Cc1ccc(NC(N)=NCCNS(=O)(=O)c2ccccc2)cc1.I. The summed E-state index contributed by atoms with van der Waals surface area (Å²) in [6.07, 6.45) is 0. The lowest BCUT2D eigenvalue weighted by molar-refractivity contribution is 0.582. The van der Waals surface area contributed by atoms with Gasteiger partial charge in [0.15, 0.2) is 5.96 Å². The summed E-state index contributed by atoms with van der Waals surface area (Å²) in [5.74, 6) is 0.243. The molecular formula is C16H21IN4O2S. The van der Waals surface area contributed by atoms with Crippen LogP contribution in [0.4, 0.5) is 5.69 Å². The Morgan fingerprint density at radius 3 is 2.33 bits per heavy atom. The van der Waals surface area contributed by atoms with E-state index in [1.54, 1.807) is 30.3 Å². The first-order valence-electron chi connectivity index (χ1n) is 7.16. The Morgan fingerprint density at radius 1 is 1.08 bits per heavy atom. The Bertz CT molecular complexity index is 762. The molecule has 2 rings (SSSR count). The molecule has 130 valence electrons. The average Bonchev–Trinajstić information content (AvgIpc) is 2.55. The van der Waals surface area contributed by atoms with Crippen LogP contribution in [0.15, 0.2) is 64.5 Å². The van der Waals surface area contributed by atoms with Gasteiger partial charge in [0, 0.05) is 12.2 Å². The molecule has 0 atom stereocenters.